The molecule has 0 saturated carbocycles. The van der Waals surface area contributed by atoms with E-state index >= 15 is 0 Å². The fraction of sp³-hybridized carbons (Fsp3) is 0.200. The van der Waals surface area contributed by atoms with Crippen molar-refractivity contribution in [2.75, 3.05) is 0 Å². The molecule has 0 aromatic heterocycles. The van der Waals surface area contributed by atoms with Gasteiger partial charge in [-0.25, -0.2) is 0 Å². The van der Waals surface area contributed by atoms with Crippen LogP contribution in [0.3, 0.4) is 0 Å². The number of para-hydroxylation sites is 1. The highest BCUT2D eigenvalue weighted by atomic mass is 19.4. The van der Waals surface area contributed by atoms with Crippen LogP contribution in [0.15, 0.2) is 60.7 Å². The normalized spacial score (nSPS) is 16.0. The summed E-state index contributed by atoms with van der Waals surface area (Å²) in [6.45, 7) is 0. The Labute approximate surface area is 119 Å². The maximum absolute atomic E-state index is 13.3. The zero-order valence-corrected chi connectivity index (χ0v) is 10.9. The van der Waals surface area contributed by atoms with E-state index in [1.807, 2.05) is 0 Å². The van der Waals surface area contributed by atoms with E-state index in [2.05, 4.69) is 0 Å². The minimum absolute atomic E-state index is 0.142. The van der Waals surface area contributed by atoms with Gasteiger partial charge in [-0.15, -0.1) is 0 Å². The van der Waals surface area contributed by atoms with Crippen molar-refractivity contribution in [3.05, 3.63) is 66.2 Å². The van der Waals surface area contributed by atoms with Gasteiger partial charge in [0.1, 0.15) is 5.75 Å². The molecule has 0 heterocycles. The molecular weight excluding hydrogens is 283 g/mol. The maximum Gasteiger partial charge on any atom is 0.426 e. The summed E-state index contributed by atoms with van der Waals surface area (Å²) >= 11 is 0. The van der Waals surface area contributed by atoms with Gasteiger partial charge in [-0.1, -0.05) is 48.5 Å². The molecule has 0 aliphatic heterocycles. The van der Waals surface area contributed by atoms with E-state index in [1.165, 1.54) is 24.3 Å². The monoisotopic (exact) mass is 297 g/mol. The number of rotatable bonds is 4. The van der Waals surface area contributed by atoms with Crippen LogP contribution in [0.5, 0.6) is 5.75 Å². The first-order chi connectivity index (χ1) is 9.85. The Morgan fingerprint density at radius 2 is 1.38 bits per heavy atom. The predicted octanol–water partition coefficient (Wildman–Crippen LogP) is 2.80. The van der Waals surface area contributed by atoms with Gasteiger partial charge in [0.05, 0.1) is 0 Å². The zero-order valence-electron chi connectivity index (χ0n) is 10.9. The molecule has 112 valence electrons. The Hall–Kier alpha value is -2.05. The number of nitrogens with two attached hydrogens (primary N) is 1. The maximum atomic E-state index is 13.3. The summed E-state index contributed by atoms with van der Waals surface area (Å²) in [5.41, 5.74) is 1.83. The molecule has 3 N–H and O–H groups in total. The predicted molar refractivity (Wildman–Crippen MR) is 71.4 cm³/mol. The molecule has 0 spiro atoms. The molecule has 2 atom stereocenters. The van der Waals surface area contributed by atoms with Crippen molar-refractivity contribution in [2.24, 2.45) is 5.73 Å². The van der Waals surface area contributed by atoms with Gasteiger partial charge in [0.2, 0.25) is 5.60 Å². The second-order valence-corrected chi connectivity index (χ2v) is 4.48. The Bertz CT molecular complexity index is 574. The molecule has 2 rings (SSSR count). The molecule has 3 nitrogen and oxygen atoms in total. The SMILES string of the molecule is NC(Oc1ccccc1)C(O)(c1ccccc1)C(F)(F)F. The molecule has 2 aromatic rings. The number of hydrogen-bond acceptors (Lipinski definition) is 3. The van der Waals surface area contributed by atoms with Crippen LogP contribution in [0.25, 0.3) is 0 Å². The van der Waals surface area contributed by atoms with Gasteiger partial charge in [0, 0.05) is 0 Å². The lowest BCUT2D eigenvalue weighted by atomic mass is 9.91. The smallest absolute Gasteiger partial charge is 0.426 e. The molecule has 0 bridgehead atoms. The Balaban J connectivity index is 2.37. The summed E-state index contributed by atoms with van der Waals surface area (Å²) in [4.78, 5) is 0. The molecule has 21 heavy (non-hydrogen) atoms. The molecule has 0 radical (unpaired) electrons. The molecule has 0 fully saturated rings. The Morgan fingerprint density at radius 3 is 1.86 bits per heavy atom. The fourth-order valence-corrected chi connectivity index (χ4v) is 1.91. The molecule has 6 heteroatoms. The van der Waals surface area contributed by atoms with Gasteiger partial charge in [0.25, 0.3) is 0 Å². The van der Waals surface area contributed by atoms with E-state index in [1.54, 1.807) is 24.3 Å². The highest BCUT2D eigenvalue weighted by Crippen LogP contribution is 2.41. The fourth-order valence-electron chi connectivity index (χ4n) is 1.91. The number of hydrogen-bond donors (Lipinski definition) is 2. The summed E-state index contributed by atoms with van der Waals surface area (Å²) in [5, 5.41) is 10.2. The molecule has 2 unspecified atom stereocenters. The second-order valence-electron chi connectivity index (χ2n) is 4.48. The lowest BCUT2D eigenvalue weighted by Crippen LogP contribution is -2.58. The Kier molecular flexibility index (Phi) is 4.20. The van der Waals surface area contributed by atoms with Gasteiger partial charge >= 0.3 is 6.18 Å². The summed E-state index contributed by atoms with van der Waals surface area (Å²) in [5.74, 6) is 0.142. The van der Waals surface area contributed by atoms with E-state index in [4.69, 9.17) is 10.5 Å². The average Bonchev–Trinajstić information content (AvgIpc) is 2.47. The molecule has 0 aliphatic rings. The molecule has 0 saturated heterocycles. The number of benzene rings is 2. The first-order valence-corrected chi connectivity index (χ1v) is 6.17. The highest BCUT2D eigenvalue weighted by Gasteiger charge is 2.60. The van der Waals surface area contributed by atoms with Crippen molar-refractivity contribution < 1.29 is 23.0 Å². The topological polar surface area (TPSA) is 55.5 Å². The van der Waals surface area contributed by atoms with Gasteiger partial charge in [-0.2, -0.15) is 13.2 Å². The second kappa shape index (κ2) is 5.75. The zero-order chi connectivity index (χ0) is 15.5. The van der Waals surface area contributed by atoms with E-state index in [0.29, 0.717) is 0 Å². The van der Waals surface area contributed by atoms with Crippen molar-refractivity contribution in [3.8, 4) is 5.75 Å². The van der Waals surface area contributed by atoms with E-state index in [9.17, 15) is 18.3 Å². The average molecular weight is 297 g/mol. The van der Waals surface area contributed by atoms with Crippen LogP contribution < -0.4 is 10.5 Å². The summed E-state index contributed by atoms with van der Waals surface area (Å²) in [6, 6.07) is 14.4. The van der Waals surface area contributed by atoms with Crippen molar-refractivity contribution in [2.45, 2.75) is 18.0 Å². The van der Waals surface area contributed by atoms with E-state index in [-0.39, 0.29) is 11.3 Å². The standard InChI is InChI=1S/C15H14F3NO2/c16-15(17,18)14(20,11-7-3-1-4-8-11)13(19)21-12-9-5-2-6-10-12/h1-10,13,20H,19H2. The lowest BCUT2D eigenvalue weighted by Gasteiger charge is -2.35. The number of aliphatic hydroxyl groups is 1. The third-order valence-corrected chi connectivity index (χ3v) is 3.06. The van der Waals surface area contributed by atoms with Crippen LogP contribution in [0, 0.1) is 0 Å². The molecule has 2 aromatic carbocycles. The molecule has 0 amide bonds. The quantitative estimate of drug-likeness (QED) is 0.853. The molecular formula is C15H14F3NO2. The van der Waals surface area contributed by atoms with Crippen LogP contribution in [-0.4, -0.2) is 17.5 Å². The number of ether oxygens (including phenoxy) is 1. The van der Waals surface area contributed by atoms with Crippen molar-refractivity contribution in [3.63, 3.8) is 0 Å². The Morgan fingerprint density at radius 1 is 0.905 bits per heavy atom. The largest absolute Gasteiger partial charge is 0.472 e. The third-order valence-electron chi connectivity index (χ3n) is 3.06. The van der Waals surface area contributed by atoms with Crippen molar-refractivity contribution in [1.29, 1.82) is 0 Å². The summed E-state index contributed by atoms with van der Waals surface area (Å²) < 4.78 is 45.1. The highest BCUT2D eigenvalue weighted by molar-refractivity contribution is 5.27. The van der Waals surface area contributed by atoms with Crippen LogP contribution in [-0.2, 0) is 5.60 Å². The minimum Gasteiger partial charge on any atom is -0.472 e. The van der Waals surface area contributed by atoms with Crippen LogP contribution >= 0.6 is 0 Å². The number of halogens is 3. The lowest BCUT2D eigenvalue weighted by molar-refractivity contribution is -0.293. The third kappa shape index (κ3) is 3.01. The summed E-state index contributed by atoms with van der Waals surface area (Å²) in [6.07, 6.45) is -6.98. The van der Waals surface area contributed by atoms with Gasteiger partial charge in [-0.05, 0) is 17.7 Å². The van der Waals surface area contributed by atoms with Crippen LogP contribution in [0.1, 0.15) is 5.56 Å². The molecule has 0 aliphatic carbocycles. The first-order valence-electron chi connectivity index (χ1n) is 6.17. The van der Waals surface area contributed by atoms with Crippen LogP contribution in [0.2, 0.25) is 0 Å². The van der Waals surface area contributed by atoms with E-state index < -0.39 is 18.0 Å². The van der Waals surface area contributed by atoms with Crippen molar-refractivity contribution >= 4 is 0 Å². The van der Waals surface area contributed by atoms with E-state index in [0.717, 1.165) is 12.1 Å². The van der Waals surface area contributed by atoms with Gasteiger partial charge in [-0.3, -0.25) is 5.73 Å². The van der Waals surface area contributed by atoms with Crippen molar-refractivity contribution in [1.82, 2.24) is 0 Å². The van der Waals surface area contributed by atoms with Crippen LogP contribution in [0.4, 0.5) is 13.2 Å². The summed E-state index contributed by atoms with van der Waals surface area (Å²) in [7, 11) is 0. The first kappa shape index (κ1) is 15.3. The minimum atomic E-state index is -4.98. The van der Waals surface area contributed by atoms with Gasteiger partial charge in [0.15, 0.2) is 6.23 Å². The van der Waals surface area contributed by atoms with Gasteiger partial charge < -0.3 is 9.84 Å². The number of alkyl halides is 3.